The van der Waals surface area contributed by atoms with E-state index in [2.05, 4.69) is 24.0 Å². The van der Waals surface area contributed by atoms with Gasteiger partial charge in [0.15, 0.2) is 11.5 Å². The summed E-state index contributed by atoms with van der Waals surface area (Å²) in [5.74, 6) is 1.51. The van der Waals surface area contributed by atoms with Gasteiger partial charge in [-0.05, 0) is 49.2 Å². The minimum Gasteiger partial charge on any atom is -0.493 e. The van der Waals surface area contributed by atoms with E-state index in [1.54, 1.807) is 0 Å². The molecule has 0 saturated carbocycles. The van der Waals surface area contributed by atoms with E-state index in [0.717, 1.165) is 46.7 Å². The summed E-state index contributed by atoms with van der Waals surface area (Å²) in [5, 5.41) is 19.2. The summed E-state index contributed by atoms with van der Waals surface area (Å²) < 4.78 is 7.92. The van der Waals surface area contributed by atoms with Gasteiger partial charge >= 0.3 is 0 Å². The molecular formula is C22H24N4O2. The molecule has 1 N–H and O–H groups in total. The number of fused-ring (bicyclic) bond motifs is 2. The molecule has 0 aliphatic rings. The Morgan fingerprint density at radius 1 is 1.04 bits per heavy atom. The van der Waals surface area contributed by atoms with Gasteiger partial charge in [-0.1, -0.05) is 26.0 Å². The lowest BCUT2D eigenvalue weighted by Crippen LogP contribution is -2.31. The molecule has 28 heavy (non-hydrogen) atoms. The fraction of sp³-hybridized carbons (Fsp3) is 0.318. The van der Waals surface area contributed by atoms with Crippen LogP contribution in [0.3, 0.4) is 0 Å². The molecule has 0 atom stereocenters. The van der Waals surface area contributed by atoms with Crippen LogP contribution in [0.5, 0.6) is 5.75 Å². The van der Waals surface area contributed by atoms with Gasteiger partial charge in [0, 0.05) is 17.0 Å². The maximum Gasteiger partial charge on any atom is 0.187 e. The fourth-order valence-electron chi connectivity index (χ4n) is 3.29. The summed E-state index contributed by atoms with van der Waals surface area (Å²) in [6.07, 6.45) is 3.69. The number of aliphatic hydroxyl groups is 1. The quantitative estimate of drug-likeness (QED) is 0.525. The summed E-state index contributed by atoms with van der Waals surface area (Å²) in [4.78, 5) is 4.75. The van der Waals surface area contributed by atoms with E-state index in [4.69, 9.17) is 9.72 Å². The minimum absolute atomic E-state index is 0.130. The van der Waals surface area contributed by atoms with E-state index in [9.17, 15) is 5.11 Å². The zero-order chi connectivity index (χ0) is 19.6. The van der Waals surface area contributed by atoms with Crippen LogP contribution in [-0.2, 0) is 0 Å². The first kappa shape index (κ1) is 18.4. The number of hydrogen-bond donors (Lipinski definition) is 1. The summed E-state index contributed by atoms with van der Waals surface area (Å²) in [5.41, 5.74) is 2.25. The average molecular weight is 376 g/mol. The summed E-state index contributed by atoms with van der Waals surface area (Å²) in [7, 11) is 0. The van der Waals surface area contributed by atoms with Crippen LogP contribution in [0, 0.1) is 5.41 Å². The van der Waals surface area contributed by atoms with Crippen LogP contribution in [0.25, 0.3) is 28.1 Å². The smallest absolute Gasteiger partial charge is 0.187 e. The van der Waals surface area contributed by atoms with E-state index < -0.39 is 0 Å². The van der Waals surface area contributed by atoms with E-state index in [1.165, 1.54) is 0 Å². The molecule has 0 amide bonds. The monoisotopic (exact) mass is 376 g/mol. The van der Waals surface area contributed by atoms with Gasteiger partial charge in [-0.25, -0.2) is 4.98 Å². The first-order valence-electron chi connectivity index (χ1n) is 9.62. The third-order valence-corrected chi connectivity index (χ3v) is 5.58. The number of aliphatic hydroxyl groups excluding tert-OH is 1. The van der Waals surface area contributed by atoms with Gasteiger partial charge < -0.3 is 9.84 Å². The molecule has 3 heterocycles. The maximum atomic E-state index is 9.72. The van der Waals surface area contributed by atoms with Crippen LogP contribution < -0.4 is 4.74 Å². The van der Waals surface area contributed by atoms with Gasteiger partial charge in [-0.2, -0.15) is 0 Å². The zero-order valence-electron chi connectivity index (χ0n) is 16.2. The highest BCUT2D eigenvalue weighted by atomic mass is 16.5. The second kappa shape index (κ2) is 7.56. The first-order valence-corrected chi connectivity index (χ1v) is 9.62. The molecular weight excluding hydrogens is 352 g/mol. The Balaban J connectivity index is 1.61. The number of rotatable bonds is 7. The van der Waals surface area contributed by atoms with Crippen LogP contribution >= 0.6 is 0 Å². The Morgan fingerprint density at radius 2 is 1.89 bits per heavy atom. The average Bonchev–Trinajstić information content (AvgIpc) is 3.19. The lowest BCUT2D eigenvalue weighted by molar-refractivity contribution is 0.0589. The van der Waals surface area contributed by atoms with Crippen molar-refractivity contribution in [2.75, 3.05) is 13.2 Å². The Morgan fingerprint density at radius 3 is 2.68 bits per heavy atom. The fourth-order valence-corrected chi connectivity index (χ4v) is 3.29. The molecule has 6 nitrogen and oxygen atoms in total. The molecule has 0 bridgehead atoms. The number of ether oxygens (including phenoxy) is 1. The summed E-state index contributed by atoms with van der Waals surface area (Å²) >= 11 is 0. The third kappa shape index (κ3) is 3.31. The predicted molar refractivity (Wildman–Crippen MR) is 109 cm³/mol. The van der Waals surface area contributed by atoms with E-state index in [0.29, 0.717) is 6.61 Å². The van der Waals surface area contributed by atoms with Crippen LogP contribution in [-0.4, -0.2) is 37.9 Å². The highest BCUT2D eigenvalue weighted by Crippen LogP contribution is 2.28. The molecule has 6 heteroatoms. The normalized spacial score (nSPS) is 12.0. The van der Waals surface area contributed by atoms with Crippen LogP contribution in [0.4, 0.5) is 0 Å². The Bertz CT molecular complexity index is 1090. The van der Waals surface area contributed by atoms with Crippen LogP contribution in [0.15, 0.2) is 54.7 Å². The van der Waals surface area contributed by atoms with Gasteiger partial charge in [-0.3, -0.25) is 4.40 Å². The Hall–Kier alpha value is -2.99. The van der Waals surface area contributed by atoms with Crippen LogP contribution in [0.1, 0.15) is 26.7 Å². The van der Waals surface area contributed by atoms with Crippen molar-refractivity contribution in [1.82, 2.24) is 19.6 Å². The highest BCUT2D eigenvalue weighted by Gasteiger charge is 2.26. The SMILES string of the molecule is CCC(CC)(CO)COc1ccc2nc(-c3nnc4ccccn34)ccc2c1. The van der Waals surface area contributed by atoms with Crippen molar-refractivity contribution in [2.45, 2.75) is 26.7 Å². The van der Waals surface area contributed by atoms with E-state index >= 15 is 0 Å². The van der Waals surface area contributed by atoms with Gasteiger partial charge in [0.2, 0.25) is 0 Å². The van der Waals surface area contributed by atoms with Crippen molar-refractivity contribution in [1.29, 1.82) is 0 Å². The third-order valence-electron chi connectivity index (χ3n) is 5.58. The Labute approximate surface area is 163 Å². The molecule has 3 aromatic heterocycles. The van der Waals surface area contributed by atoms with Gasteiger partial charge in [0.05, 0.1) is 18.7 Å². The maximum absolute atomic E-state index is 9.72. The molecule has 4 aromatic rings. The molecule has 0 aliphatic carbocycles. The van der Waals surface area contributed by atoms with Crippen molar-refractivity contribution in [3.8, 4) is 17.3 Å². The predicted octanol–water partition coefficient (Wildman–Crippen LogP) is 4.12. The van der Waals surface area contributed by atoms with Crippen molar-refractivity contribution >= 4 is 16.6 Å². The van der Waals surface area contributed by atoms with Gasteiger partial charge in [0.25, 0.3) is 0 Å². The topological polar surface area (TPSA) is 72.5 Å². The van der Waals surface area contributed by atoms with Gasteiger partial charge in [0.1, 0.15) is 11.4 Å². The first-order chi connectivity index (χ1) is 13.7. The molecule has 0 unspecified atom stereocenters. The second-order valence-electron chi connectivity index (χ2n) is 7.16. The van der Waals surface area contributed by atoms with Crippen molar-refractivity contribution in [2.24, 2.45) is 5.41 Å². The molecule has 0 spiro atoms. The van der Waals surface area contributed by atoms with Crippen molar-refractivity contribution in [3.05, 3.63) is 54.7 Å². The summed E-state index contributed by atoms with van der Waals surface area (Å²) in [6.45, 7) is 4.80. The molecule has 1 aromatic carbocycles. The second-order valence-corrected chi connectivity index (χ2v) is 7.16. The molecule has 0 fully saturated rings. The lowest BCUT2D eigenvalue weighted by Gasteiger charge is -2.29. The number of pyridine rings is 2. The number of benzene rings is 1. The largest absolute Gasteiger partial charge is 0.493 e. The van der Waals surface area contributed by atoms with Crippen molar-refractivity contribution in [3.63, 3.8) is 0 Å². The molecule has 0 radical (unpaired) electrons. The molecule has 0 aliphatic heterocycles. The lowest BCUT2D eigenvalue weighted by atomic mass is 9.84. The summed E-state index contributed by atoms with van der Waals surface area (Å²) in [6, 6.07) is 15.6. The molecule has 144 valence electrons. The molecule has 4 rings (SSSR count). The van der Waals surface area contributed by atoms with Crippen molar-refractivity contribution < 1.29 is 9.84 Å². The van der Waals surface area contributed by atoms with E-state index in [1.807, 2.05) is 59.1 Å². The highest BCUT2D eigenvalue weighted by molar-refractivity contribution is 5.82. The van der Waals surface area contributed by atoms with Crippen LogP contribution in [0.2, 0.25) is 0 Å². The number of hydrogen-bond acceptors (Lipinski definition) is 5. The van der Waals surface area contributed by atoms with E-state index in [-0.39, 0.29) is 12.0 Å². The molecule has 0 saturated heterocycles. The standard InChI is InChI=1S/C22H24N4O2/c1-3-22(4-2,14-27)15-28-17-9-11-18-16(13-17)8-10-19(23-18)21-25-24-20-7-5-6-12-26(20)21/h5-13,27H,3-4,14-15H2,1-2H3. The number of nitrogens with zero attached hydrogens (tertiary/aromatic N) is 4. The van der Waals surface area contributed by atoms with Gasteiger partial charge in [-0.15, -0.1) is 10.2 Å². The number of aromatic nitrogens is 4. The Kier molecular flexibility index (Phi) is 4.96. The minimum atomic E-state index is -0.189. The zero-order valence-corrected chi connectivity index (χ0v) is 16.2.